The third-order valence-corrected chi connectivity index (χ3v) is 1.86. The first kappa shape index (κ1) is 7.12. The predicted octanol–water partition coefficient (Wildman–Crippen LogP) is 0.826. The lowest BCUT2D eigenvalue weighted by Gasteiger charge is -1.98. The van der Waals surface area contributed by atoms with Crippen LogP contribution in [0, 0.1) is 0 Å². The van der Waals surface area contributed by atoms with Crippen molar-refractivity contribution in [2.24, 2.45) is 12.9 Å². The number of nitrogens with two attached hydrogens (primary N) is 1. The fraction of sp³-hybridized carbons (Fsp3) is 0.125. The van der Waals surface area contributed by atoms with Crippen LogP contribution in [0.4, 0.5) is 0 Å². The second kappa shape index (κ2) is 2.49. The van der Waals surface area contributed by atoms with Gasteiger partial charge in [-0.1, -0.05) is 0 Å². The molecule has 62 valence electrons. The third-order valence-electron chi connectivity index (χ3n) is 1.86. The van der Waals surface area contributed by atoms with Gasteiger partial charge in [-0.15, -0.1) is 0 Å². The standard InChI is InChI=1S/C8H9N3O/c1-11-8-4-7(12-9)3-2-6(8)5-10-11/h2-5H,9H2,1H3. The predicted molar refractivity (Wildman–Crippen MR) is 45.5 cm³/mol. The Hall–Kier alpha value is -1.55. The molecule has 0 aliphatic heterocycles. The molecule has 2 rings (SSSR count). The van der Waals surface area contributed by atoms with Crippen LogP contribution >= 0.6 is 0 Å². The van der Waals surface area contributed by atoms with Gasteiger partial charge in [-0.3, -0.25) is 4.68 Å². The van der Waals surface area contributed by atoms with E-state index in [-0.39, 0.29) is 0 Å². The number of hydrogen-bond acceptors (Lipinski definition) is 3. The molecule has 0 aliphatic carbocycles. The average molecular weight is 163 g/mol. The Morgan fingerprint density at radius 2 is 2.33 bits per heavy atom. The monoisotopic (exact) mass is 163 g/mol. The summed E-state index contributed by atoms with van der Waals surface area (Å²) in [5.74, 6) is 5.67. The highest BCUT2D eigenvalue weighted by atomic mass is 16.6. The smallest absolute Gasteiger partial charge is 0.149 e. The van der Waals surface area contributed by atoms with Crippen molar-refractivity contribution in [2.75, 3.05) is 0 Å². The van der Waals surface area contributed by atoms with Crippen LogP contribution in [0.1, 0.15) is 0 Å². The Morgan fingerprint density at radius 1 is 1.50 bits per heavy atom. The summed E-state index contributed by atoms with van der Waals surface area (Å²) in [6.45, 7) is 0. The van der Waals surface area contributed by atoms with Crippen LogP contribution < -0.4 is 10.7 Å². The average Bonchev–Trinajstić information content (AvgIpc) is 2.47. The fourth-order valence-electron chi connectivity index (χ4n) is 1.20. The third kappa shape index (κ3) is 0.931. The van der Waals surface area contributed by atoms with Crippen LogP contribution in [0.15, 0.2) is 24.4 Å². The topological polar surface area (TPSA) is 53.1 Å². The van der Waals surface area contributed by atoms with Crippen molar-refractivity contribution in [3.63, 3.8) is 0 Å². The number of aromatic nitrogens is 2. The van der Waals surface area contributed by atoms with Gasteiger partial charge >= 0.3 is 0 Å². The maximum atomic E-state index is 5.03. The highest BCUT2D eigenvalue weighted by Gasteiger charge is 2.00. The first-order valence-corrected chi connectivity index (χ1v) is 3.60. The van der Waals surface area contributed by atoms with Gasteiger partial charge in [0.1, 0.15) is 5.75 Å². The van der Waals surface area contributed by atoms with Crippen LogP contribution in [-0.4, -0.2) is 9.78 Å². The molecule has 0 bridgehead atoms. The van der Waals surface area contributed by atoms with E-state index in [9.17, 15) is 0 Å². The maximum absolute atomic E-state index is 5.03. The summed E-state index contributed by atoms with van der Waals surface area (Å²) in [4.78, 5) is 4.61. The minimum atomic E-state index is 0.645. The van der Waals surface area contributed by atoms with Gasteiger partial charge in [0, 0.05) is 18.5 Å². The minimum Gasteiger partial charge on any atom is -0.411 e. The van der Waals surface area contributed by atoms with Crippen molar-refractivity contribution >= 4 is 10.9 Å². The number of hydrogen-bond donors (Lipinski definition) is 1. The summed E-state index contributed by atoms with van der Waals surface area (Å²) in [6.07, 6.45) is 1.80. The molecule has 0 saturated carbocycles. The number of aryl methyl sites for hydroxylation is 1. The van der Waals surface area contributed by atoms with Crippen molar-refractivity contribution < 1.29 is 4.84 Å². The summed E-state index contributed by atoms with van der Waals surface area (Å²) in [5, 5.41) is 5.17. The molecule has 4 nitrogen and oxygen atoms in total. The van der Waals surface area contributed by atoms with E-state index < -0.39 is 0 Å². The second-order valence-electron chi connectivity index (χ2n) is 2.61. The van der Waals surface area contributed by atoms with E-state index in [1.54, 1.807) is 10.9 Å². The van der Waals surface area contributed by atoms with Gasteiger partial charge < -0.3 is 4.84 Å². The fourth-order valence-corrected chi connectivity index (χ4v) is 1.20. The molecule has 0 spiro atoms. The van der Waals surface area contributed by atoms with E-state index in [4.69, 9.17) is 5.90 Å². The highest BCUT2D eigenvalue weighted by molar-refractivity contribution is 5.79. The lowest BCUT2D eigenvalue weighted by molar-refractivity contribution is 0.335. The Balaban J connectivity index is 2.71. The number of nitrogens with zero attached hydrogens (tertiary/aromatic N) is 2. The van der Waals surface area contributed by atoms with Crippen LogP contribution in [0.2, 0.25) is 0 Å². The molecule has 12 heavy (non-hydrogen) atoms. The first-order valence-electron chi connectivity index (χ1n) is 3.60. The van der Waals surface area contributed by atoms with Crippen molar-refractivity contribution in [1.29, 1.82) is 0 Å². The maximum Gasteiger partial charge on any atom is 0.149 e. The minimum absolute atomic E-state index is 0.645. The van der Waals surface area contributed by atoms with Crippen LogP contribution in [0.3, 0.4) is 0 Å². The summed E-state index contributed by atoms with van der Waals surface area (Å²) >= 11 is 0. The largest absolute Gasteiger partial charge is 0.411 e. The zero-order valence-electron chi connectivity index (χ0n) is 6.69. The van der Waals surface area contributed by atoms with E-state index in [0.717, 1.165) is 10.9 Å². The van der Waals surface area contributed by atoms with Gasteiger partial charge in [0.2, 0.25) is 0 Å². The molecule has 0 aliphatic rings. The van der Waals surface area contributed by atoms with Gasteiger partial charge in [0.25, 0.3) is 0 Å². The number of fused-ring (bicyclic) bond motifs is 1. The molecule has 0 atom stereocenters. The molecule has 0 radical (unpaired) electrons. The van der Waals surface area contributed by atoms with E-state index in [1.807, 2.05) is 25.2 Å². The second-order valence-corrected chi connectivity index (χ2v) is 2.61. The molecule has 0 saturated heterocycles. The molecule has 1 heterocycles. The van der Waals surface area contributed by atoms with Gasteiger partial charge in [0.15, 0.2) is 0 Å². The zero-order chi connectivity index (χ0) is 8.55. The van der Waals surface area contributed by atoms with E-state index in [2.05, 4.69) is 9.94 Å². The summed E-state index contributed by atoms with van der Waals surface area (Å²) in [7, 11) is 1.88. The normalized spacial score (nSPS) is 10.5. The van der Waals surface area contributed by atoms with Gasteiger partial charge in [-0.05, 0) is 12.1 Å². The Bertz CT molecular complexity index is 408. The molecular formula is C8H9N3O. The Kier molecular flexibility index (Phi) is 1.48. The molecule has 0 fully saturated rings. The van der Waals surface area contributed by atoms with Crippen LogP contribution in [0.5, 0.6) is 5.75 Å². The van der Waals surface area contributed by atoms with E-state index in [1.165, 1.54) is 0 Å². The molecule has 1 aromatic carbocycles. The highest BCUT2D eigenvalue weighted by Crippen LogP contribution is 2.18. The van der Waals surface area contributed by atoms with Gasteiger partial charge in [-0.2, -0.15) is 11.0 Å². The summed E-state index contributed by atoms with van der Waals surface area (Å²) in [5.41, 5.74) is 1.01. The Labute approximate surface area is 69.5 Å². The van der Waals surface area contributed by atoms with Crippen LogP contribution in [0.25, 0.3) is 10.9 Å². The lowest BCUT2D eigenvalue weighted by Crippen LogP contribution is -2.01. The van der Waals surface area contributed by atoms with Gasteiger partial charge in [0.05, 0.1) is 11.7 Å². The molecule has 2 aromatic rings. The number of benzene rings is 1. The van der Waals surface area contributed by atoms with Crippen molar-refractivity contribution in [2.45, 2.75) is 0 Å². The van der Waals surface area contributed by atoms with Crippen molar-refractivity contribution in [3.05, 3.63) is 24.4 Å². The Morgan fingerprint density at radius 3 is 3.08 bits per heavy atom. The molecule has 0 unspecified atom stereocenters. The van der Waals surface area contributed by atoms with E-state index >= 15 is 0 Å². The summed E-state index contributed by atoms with van der Waals surface area (Å²) < 4.78 is 1.78. The summed E-state index contributed by atoms with van der Waals surface area (Å²) in [6, 6.07) is 5.58. The first-order chi connectivity index (χ1) is 5.81. The molecular weight excluding hydrogens is 154 g/mol. The lowest BCUT2D eigenvalue weighted by atomic mass is 10.2. The quantitative estimate of drug-likeness (QED) is 0.633. The number of rotatable bonds is 1. The van der Waals surface area contributed by atoms with Crippen molar-refractivity contribution in [3.8, 4) is 5.75 Å². The molecule has 0 amide bonds. The van der Waals surface area contributed by atoms with Crippen LogP contribution in [-0.2, 0) is 7.05 Å². The van der Waals surface area contributed by atoms with E-state index in [0.29, 0.717) is 5.75 Å². The molecule has 4 heteroatoms. The SMILES string of the molecule is Cn1ncc2ccc(ON)cc21. The van der Waals surface area contributed by atoms with Crippen molar-refractivity contribution in [1.82, 2.24) is 9.78 Å². The molecule has 1 aromatic heterocycles. The molecule has 2 N–H and O–H groups in total. The zero-order valence-corrected chi connectivity index (χ0v) is 6.69. The van der Waals surface area contributed by atoms with Gasteiger partial charge in [-0.25, -0.2) is 0 Å².